The molecule has 3 heterocycles. The monoisotopic (exact) mass is 442 g/mol. The fourth-order valence-corrected chi connectivity index (χ4v) is 4.98. The summed E-state index contributed by atoms with van der Waals surface area (Å²) in [5, 5.41) is 5.15. The number of nitrogens with zero attached hydrogens (tertiary/aromatic N) is 1. The zero-order valence-electron chi connectivity index (χ0n) is 18.0. The molecule has 0 radical (unpaired) electrons. The number of Topliss-reactive ketones (excluding diaryl/α,β-unsaturated/α-hetero) is 1. The van der Waals surface area contributed by atoms with E-state index in [1.807, 2.05) is 0 Å². The van der Waals surface area contributed by atoms with Crippen molar-refractivity contribution in [1.29, 1.82) is 0 Å². The molecule has 2 aliphatic rings. The number of fused-ring (bicyclic) bond motifs is 1. The molecule has 31 heavy (non-hydrogen) atoms. The molecule has 1 aromatic heterocycles. The first-order valence-electron chi connectivity index (χ1n) is 11.1. The zero-order chi connectivity index (χ0) is 21.6. The van der Waals surface area contributed by atoms with Gasteiger partial charge in [0.1, 0.15) is 13.2 Å². The van der Waals surface area contributed by atoms with Crippen molar-refractivity contribution in [3.8, 4) is 11.5 Å². The number of thiophene rings is 1. The zero-order valence-corrected chi connectivity index (χ0v) is 18.8. The molecule has 0 bridgehead atoms. The quantitative estimate of drug-likeness (QED) is 0.624. The maximum Gasteiger partial charge on any atom is 0.220 e. The Labute approximate surface area is 187 Å². The first-order chi connectivity index (χ1) is 15.1. The van der Waals surface area contributed by atoms with Crippen molar-refractivity contribution in [2.45, 2.75) is 38.6 Å². The summed E-state index contributed by atoms with van der Waals surface area (Å²) in [5.41, 5.74) is 0.552. The molecule has 1 N–H and O–H groups in total. The van der Waals surface area contributed by atoms with Crippen molar-refractivity contribution in [2.24, 2.45) is 5.92 Å². The van der Waals surface area contributed by atoms with Crippen LogP contribution in [-0.2, 0) is 4.79 Å². The molecule has 1 aromatic carbocycles. The van der Waals surface area contributed by atoms with Crippen molar-refractivity contribution >= 4 is 23.0 Å². The molecule has 0 spiro atoms. The van der Waals surface area contributed by atoms with E-state index < -0.39 is 0 Å². The molecule has 2 aliphatic heterocycles. The van der Waals surface area contributed by atoms with Crippen LogP contribution in [0, 0.1) is 5.92 Å². The van der Waals surface area contributed by atoms with Crippen LogP contribution in [0.1, 0.15) is 53.9 Å². The predicted molar refractivity (Wildman–Crippen MR) is 121 cm³/mol. The summed E-state index contributed by atoms with van der Waals surface area (Å²) in [6, 6.07) is 9.60. The second kappa shape index (κ2) is 10.3. The average Bonchev–Trinajstić information content (AvgIpc) is 3.33. The summed E-state index contributed by atoms with van der Waals surface area (Å²) in [5.74, 6) is 1.87. The summed E-state index contributed by atoms with van der Waals surface area (Å²) in [6.07, 6.45) is 2.75. The van der Waals surface area contributed by atoms with Crippen LogP contribution in [0.5, 0.6) is 11.5 Å². The van der Waals surface area contributed by atoms with Crippen LogP contribution in [0.2, 0.25) is 0 Å². The summed E-state index contributed by atoms with van der Waals surface area (Å²) >= 11 is 1.73. The van der Waals surface area contributed by atoms with Gasteiger partial charge in [0.2, 0.25) is 5.91 Å². The third-order valence-electron chi connectivity index (χ3n) is 6.07. The highest BCUT2D eigenvalue weighted by atomic mass is 32.1. The first-order valence-corrected chi connectivity index (χ1v) is 11.9. The number of amides is 1. The molecule has 1 amide bonds. The minimum atomic E-state index is -0.0853. The highest BCUT2D eigenvalue weighted by molar-refractivity contribution is 7.10. The minimum absolute atomic E-state index is 0.0630. The number of carbonyl (C=O) groups excluding carboxylic acids is 2. The second-order valence-corrected chi connectivity index (χ2v) is 9.31. The van der Waals surface area contributed by atoms with E-state index in [1.165, 1.54) is 17.7 Å². The van der Waals surface area contributed by atoms with Gasteiger partial charge in [0.25, 0.3) is 0 Å². The fraction of sp³-hybridized carbons (Fsp3) is 0.500. The first kappa shape index (κ1) is 21.8. The van der Waals surface area contributed by atoms with Gasteiger partial charge in [0, 0.05) is 29.8 Å². The molecule has 1 saturated heterocycles. The van der Waals surface area contributed by atoms with Crippen LogP contribution in [-0.4, -0.2) is 49.4 Å². The number of likely N-dealkylation sites (tertiary alicyclic amines) is 1. The van der Waals surface area contributed by atoms with Crippen LogP contribution in [0.15, 0.2) is 35.7 Å². The van der Waals surface area contributed by atoms with Gasteiger partial charge in [-0.1, -0.05) is 13.0 Å². The molecule has 1 fully saturated rings. The van der Waals surface area contributed by atoms with Gasteiger partial charge in [-0.3, -0.25) is 14.5 Å². The molecule has 6 nitrogen and oxygen atoms in total. The Hall–Kier alpha value is -2.38. The number of rotatable bonds is 8. The maximum atomic E-state index is 12.6. The van der Waals surface area contributed by atoms with Gasteiger partial charge in [0.05, 0.1) is 6.04 Å². The lowest BCUT2D eigenvalue weighted by Gasteiger charge is -2.36. The molecule has 4 rings (SSSR count). The summed E-state index contributed by atoms with van der Waals surface area (Å²) in [7, 11) is 0. The van der Waals surface area contributed by atoms with E-state index in [2.05, 4.69) is 34.7 Å². The van der Waals surface area contributed by atoms with Crippen molar-refractivity contribution in [2.75, 3.05) is 32.8 Å². The standard InChI is InChI=1S/C24H30N2O4S/c1-17-8-10-26(11-9-17)19(23-3-2-14-31-23)16-25-24(28)7-5-20(27)18-4-6-21-22(15-18)30-13-12-29-21/h2-4,6,14-15,17,19H,5,7-13,16H2,1H3,(H,25,28). The van der Waals surface area contributed by atoms with Crippen LogP contribution in [0.3, 0.4) is 0 Å². The van der Waals surface area contributed by atoms with Gasteiger partial charge in [-0.2, -0.15) is 0 Å². The summed E-state index contributed by atoms with van der Waals surface area (Å²) in [4.78, 5) is 28.8. The maximum absolute atomic E-state index is 12.6. The lowest BCUT2D eigenvalue weighted by atomic mass is 9.97. The Morgan fingerprint density at radius 1 is 1.13 bits per heavy atom. The van der Waals surface area contributed by atoms with Crippen LogP contribution in [0.4, 0.5) is 0 Å². The Morgan fingerprint density at radius 3 is 2.65 bits per heavy atom. The molecule has 0 aliphatic carbocycles. The highest BCUT2D eigenvalue weighted by Crippen LogP contribution is 2.31. The van der Waals surface area contributed by atoms with E-state index in [0.29, 0.717) is 36.8 Å². The van der Waals surface area contributed by atoms with Gasteiger partial charge >= 0.3 is 0 Å². The third kappa shape index (κ3) is 5.66. The van der Waals surface area contributed by atoms with Gasteiger partial charge in [-0.25, -0.2) is 0 Å². The SMILES string of the molecule is CC1CCN(C(CNC(=O)CCC(=O)c2ccc3c(c2)OCCO3)c2cccs2)CC1. The van der Waals surface area contributed by atoms with E-state index in [0.717, 1.165) is 19.0 Å². The van der Waals surface area contributed by atoms with E-state index in [9.17, 15) is 9.59 Å². The number of ketones is 1. The molecule has 1 unspecified atom stereocenters. The molecule has 0 saturated carbocycles. The molecule has 2 aromatic rings. The van der Waals surface area contributed by atoms with Crippen LogP contribution in [0.25, 0.3) is 0 Å². The number of hydrogen-bond donors (Lipinski definition) is 1. The Kier molecular flexibility index (Phi) is 7.25. The minimum Gasteiger partial charge on any atom is -0.486 e. The lowest BCUT2D eigenvalue weighted by molar-refractivity contribution is -0.121. The Bertz CT molecular complexity index is 891. The lowest BCUT2D eigenvalue weighted by Crippen LogP contribution is -2.41. The van der Waals surface area contributed by atoms with E-state index in [1.54, 1.807) is 29.5 Å². The Balaban J connectivity index is 1.29. The van der Waals surface area contributed by atoms with Crippen LogP contribution < -0.4 is 14.8 Å². The summed E-state index contributed by atoms with van der Waals surface area (Å²) < 4.78 is 11.0. The smallest absolute Gasteiger partial charge is 0.220 e. The second-order valence-electron chi connectivity index (χ2n) is 8.34. The normalized spacial score (nSPS) is 17.8. The fourth-order valence-electron chi connectivity index (χ4n) is 4.12. The number of ether oxygens (including phenoxy) is 2. The largest absolute Gasteiger partial charge is 0.486 e. The molecule has 7 heteroatoms. The van der Waals surface area contributed by atoms with Crippen molar-refractivity contribution in [1.82, 2.24) is 10.2 Å². The molecule has 1 atom stereocenters. The number of benzene rings is 1. The number of carbonyl (C=O) groups is 2. The number of hydrogen-bond acceptors (Lipinski definition) is 6. The van der Waals surface area contributed by atoms with E-state index in [4.69, 9.17) is 9.47 Å². The molecular formula is C24H30N2O4S. The van der Waals surface area contributed by atoms with Gasteiger partial charge in [-0.05, 0) is 61.5 Å². The topological polar surface area (TPSA) is 67.9 Å². The molecule has 166 valence electrons. The molecular weight excluding hydrogens is 412 g/mol. The van der Waals surface area contributed by atoms with Crippen molar-refractivity contribution in [3.05, 3.63) is 46.2 Å². The highest BCUT2D eigenvalue weighted by Gasteiger charge is 2.26. The van der Waals surface area contributed by atoms with E-state index >= 15 is 0 Å². The van der Waals surface area contributed by atoms with Gasteiger partial charge < -0.3 is 14.8 Å². The van der Waals surface area contributed by atoms with Crippen LogP contribution >= 0.6 is 11.3 Å². The van der Waals surface area contributed by atoms with Crippen molar-refractivity contribution < 1.29 is 19.1 Å². The summed E-state index contributed by atoms with van der Waals surface area (Å²) in [6.45, 7) is 5.99. The van der Waals surface area contributed by atoms with Gasteiger partial charge in [-0.15, -0.1) is 11.3 Å². The Morgan fingerprint density at radius 2 is 1.90 bits per heavy atom. The predicted octanol–water partition coefficient (Wildman–Crippen LogP) is 4.07. The van der Waals surface area contributed by atoms with Gasteiger partial charge in [0.15, 0.2) is 17.3 Å². The average molecular weight is 443 g/mol. The third-order valence-corrected chi connectivity index (χ3v) is 7.04. The van der Waals surface area contributed by atoms with Crippen molar-refractivity contribution in [3.63, 3.8) is 0 Å². The number of nitrogens with one attached hydrogen (secondary N) is 1. The van der Waals surface area contributed by atoms with E-state index in [-0.39, 0.29) is 30.6 Å². The number of piperidine rings is 1.